The van der Waals surface area contributed by atoms with E-state index >= 15 is 0 Å². The van der Waals surface area contributed by atoms with Crippen molar-refractivity contribution >= 4 is 60.8 Å². The normalized spacial score (nSPS) is 10.2. The first-order valence-electron chi connectivity index (χ1n) is 6.80. The lowest BCUT2D eigenvalue weighted by Crippen LogP contribution is -2.37. The van der Waals surface area contributed by atoms with Gasteiger partial charge >= 0.3 is 0 Å². The largest absolute Gasteiger partial charge is 0.482 e. The minimum absolute atomic E-state index is 0.113. The summed E-state index contributed by atoms with van der Waals surface area (Å²) in [6.45, 7) is 1.69. The molecule has 0 atom stereocenters. The summed E-state index contributed by atoms with van der Waals surface area (Å²) in [5, 5.41) is 5.40. The molecule has 2 rings (SSSR count). The average Bonchev–Trinajstić information content (AvgIpc) is 2.48. The maximum atomic E-state index is 12.8. The second-order valence-corrected chi connectivity index (χ2v) is 7.01. The van der Waals surface area contributed by atoms with E-state index in [0.717, 1.165) is 14.5 Å². The number of anilines is 1. The molecule has 24 heavy (non-hydrogen) atoms. The summed E-state index contributed by atoms with van der Waals surface area (Å²) in [5.74, 6) is -0.158. The second kappa shape index (κ2) is 8.55. The molecule has 0 aliphatic heterocycles. The van der Waals surface area contributed by atoms with E-state index in [1.54, 1.807) is 0 Å². The molecule has 0 saturated carbocycles. The second-order valence-electron chi connectivity index (χ2n) is 4.83. The molecule has 126 valence electrons. The Morgan fingerprint density at radius 3 is 2.54 bits per heavy atom. The highest BCUT2D eigenvalue weighted by Gasteiger charge is 2.11. The fourth-order valence-electron chi connectivity index (χ4n) is 1.87. The summed E-state index contributed by atoms with van der Waals surface area (Å²) >= 11 is 11.8. The van der Waals surface area contributed by atoms with Gasteiger partial charge in [0.15, 0.2) is 11.7 Å². The van der Waals surface area contributed by atoms with E-state index in [0.29, 0.717) is 11.4 Å². The number of hydrogen-bond donors (Lipinski definition) is 2. The van der Waals surface area contributed by atoms with Crippen LogP contribution in [-0.2, 0) is 4.79 Å². The van der Waals surface area contributed by atoms with Crippen LogP contribution in [-0.4, -0.2) is 17.6 Å². The standard InChI is InChI=1S/C16H13Br2FN2O2S/c1-9-6-10(17)7-13(18)15(9)23-8-14(22)21-16(24)20-12-4-2-11(19)3-5-12/h2-7H,8H2,1H3,(H2,20,21,22,24). The molecule has 0 unspecified atom stereocenters. The molecule has 2 N–H and O–H groups in total. The van der Waals surface area contributed by atoms with Crippen LogP contribution in [0.25, 0.3) is 0 Å². The van der Waals surface area contributed by atoms with E-state index in [4.69, 9.17) is 17.0 Å². The Bertz CT molecular complexity index is 746. The summed E-state index contributed by atoms with van der Waals surface area (Å²) in [5.41, 5.74) is 1.46. The van der Waals surface area contributed by atoms with Crippen LogP contribution in [0.3, 0.4) is 0 Å². The third-order valence-corrected chi connectivity index (χ3v) is 4.15. The third kappa shape index (κ3) is 5.54. The lowest BCUT2D eigenvalue weighted by atomic mass is 10.2. The third-order valence-electron chi connectivity index (χ3n) is 2.90. The number of halogens is 3. The van der Waals surface area contributed by atoms with Gasteiger partial charge in [0.05, 0.1) is 4.47 Å². The molecular weight excluding hydrogens is 463 g/mol. The zero-order valence-electron chi connectivity index (χ0n) is 12.5. The van der Waals surface area contributed by atoms with Gasteiger partial charge in [-0.3, -0.25) is 10.1 Å². The number of aryl methyl sites for hydroxylation is 1. The summed E-state index contributed by atoms with van der Waals surface area (Å²) in [4.78, 5) is 11.9. The van der Waals surface area contributed by atoms with Crippen LogP contribution in [0, 0.1) is 12.7 Å². The molecule has 0 bridgehead atoms. The molecule has 0 heterocycles. The summed E-state index contributed by atoms with van der Waals surface area (Å²) < 4.78 is 20.0. The van der Waals surface area contributed by atoms with Crippen LogP contribution in [0.5, 0.6) is 5.75 Å². The number of hydrogen-bond acceptors (Lipinski definition) is 3. The zero-order chi connectivity index (χ0) is 17.7. The van der Waals surface area contributed by atoms with E-state index in [9.17, 15) is 9.18 Å². The Labute approximate surface area is 161 Å². The van der Waals surface area contributed by atoms with Gasteiger partial charge in [-0.1, -0.05) is 15.9 Å². The van der Waals surface area contributed by atoms with Crippen LogP contribution in [0.15, 0.2) is 45.3 Å². The van der Waals surface area contributed by atoms with E-state index in [1.807, 2.05) is 19.1 Å². The van der Waals surface area contributed by atoms with Crippen molar-refractivity contribution in [2.24, 2.45) is 0 Å². The van der Waals surface area contributed by atoms with Gasteiger partial charge in [0.25, 0.3) is 5.91 Å². The highest BCUT2D eigenvalue weighted by Crippen LogP contribution is 2.32. The number of nitrogens with one attached hydrogen (secondary N) is 2. The van der Waals surface area contributed by atoms with Crippen LogP contribution in [0.2, 0.25) is 0 Å². The van der Waals surface area contributed by atoms with Crippen LogP contribution in [0.4, 0.5) is 10.1 Å². The first-order valence-corrected chi connectivity index (χ1v) is 8.79. The molecule has 0 radical (unpaired) electrons. The number of carbonyl (C=O) groups excluding carboxylic acids is 1. The Kier molecular flexibility index (Phi) is 6.70. The first-order chi connectivity index (χ1) is 11.3. The Balaban J connectivity index is 1.87. The molecule has 1 amide bonds. The van der Waals surface area contributed by atoms with E-state index < -0.39 is 5.91 Å². The summed E-state index contributed by atoms with van der Waals surface area (Å²) in [6, 6.07) is 9.35. The predicted molar refractivity (Wildman–Crippen MR) is 103 cm³/mol. The van der Waals surface area contributed by atoms with Gasteiger partial charge in [-0.25, -0.2) is 4.39 Å². The lowest BCUT2D eigenvalue weighted by molar-refractivity contribution is -0.121. The van der Waals surface area contributed by atoms with Gasteiger partial charge in [0.1, 0.15) is 11.6 Å². The SMILES string of the molecule is Cc1cc(Br)cc(Br)c1OCC(=O)NC(=S)Nc1ccc(F)cc1. The van der Waals surface area contributed by atoms with Crippen molar-refractivity contribution < 1.29 is 13.9 Å². The number of thiocarbonyl (C=S) groups is 1. The van der Waals surface area contributed by atoms with Gasteiger partial charge in [0.2, 0.25) is 0 Å². The monoisotopic (exact) mass is 474 g/mol. The average molecular weight is 476 g/mol. The number of benzene rings is 2. The lowest BCUT2D eigenvalue weighted by Gasteiger charge is -2.13. The van der Waals surface area contributed by atoms with Crippen molar-refractivity contribution in [3.8, 4) is 5.75 Å². The van der Waals surface area contributed by atoms with Gasteiger partial charge < -0.3 is 10.1 Å². The van der Waals surface area contributed by atoms with E-state index in [1.165, 1.54) is 24.3 Å². The summed E-state index contributed by atoms with van der Waals surface area (Å²) in [7, 11) is 0. The molecule has 0 saturated heterocycles. The maximum Gasteiger partial charge on any atom is 0.264 e. The maximum absolute atomic E-state index is 12.8. The molecular formula is C16H13Br2FN2O2S. The fraction of sp³-hybridized carbons (Fsp3) is 0.125. The molecule has 0 spiro atoms. The Hall–Kier alpha value is -1.51. The molecule has 2 aromatic rings. The zero-order valence-corrected chi connectivity index (χ0v) is 16.5. The van der Waals surface area contributed by atoms with Gasteiger partial charge in [0, 0.05) is 10.2 Å². The van der Waals surface area contributed by atoms with Gasteiger partial charge in [-0.2, -0.15) is 0 Å². The number of carbonyl (C=O) groups is 1. The van der Waals surface area contributed by atoms with E-state index in [-0.39, 0.29) is 17.5 Å². The molecule has 0 aliphatic rings. The van der Waals surface area contributed by atoms with Crippen LogP contribution >= 0.6 is 44.1 Å². The quantitative estimate of drug-likeness (QED) is 0.637. The first kappa shape index (κ1) is 18.8. The number of amides is 1. The Morgan fingerprint density at radius 1 is 1.25 bits per heavy atom. The molecule has 4 nitrogen and oxygen atoms in total. The summed E-state index contributed by atoms with van der Waals surface area (Å²) in [6.07, 6.45) is 0. The molecule has 0 aliphatic carbocycles. The topological polar surface area (TPSA) is 50.4 Å². The fourth-order valence-corrected chi connectivity index (χ4v) is 3.65. The van der Waals surface area contributed by atoms with Crippen molar-refractivity contribution in [1.29, 1.82) is 0 Å². The van der Waals surface area contributed by atoms with Crippen LogP contribution < -0.4 is 15.4 Å². The van der Waals surface area contributed by atoms with Crippen molar-refractivity contribution in [3.05, 3.63) is 56.7 Å². The van der Waals surface area contributed by atoms with E-state index in [2.05, 4.69) is 42.5 Å². The van der Waals surface area contributed by atoms with Crippen molar-refractivity contribution in [2.75, 3.05) is 11.9 Å². The molecule has 0 fully saturated rings. The molecule has 8 heteroatoms. The highest BCUT2D eigenvalue weighted by atomic mass is 79.9. The number of ether oxygens (including phenoxy) is 1. The van der Waals surface area contributed by atoms with Crippen LogP contribution in [0.1, 0.15) is 5.56 Å². The predicted octanol–water partition coefficient (Wildman–Crippen LogP) is 4.55. The van der Waals surface area contributed by atoms with Crippen molar-refractivity contribution in [1.82, 2.24) is 5.32 Å². The minimum Gasteiger partial charge on any atom is -0.482 e. The minimum atomic E-state index is -0.399. The smallest absolute Gasteiger partial charge is 0.264 e. The van der Waals surface area contributed by atoms with Crippen molar-refractivity contribution in [3.63, 3.8) is 0 Å². The number of rotatable bonds is 4. The van der Waals surface area contributed by atoms with Gasteiger partial charge in [-0.05, 0) is 77.0 Å². The highest BCUT2D eigenvalue weighted by molar-refractivity contribution is 9.11. The Morgan fingerprint density at radius 2 is 1.92 bits per heavy atom. The van der Waals surface area contributed by atoms with Crippen molar-refractivity contribution in [2.45, 2.75) is 6.92 Å². The van der Waals surface area contributed by atoms with Gasteiger partial charge in [-0.15, -0.1) is 0 Å². The molecule has 2 aromatic carbocycles. The molecule has 0 aromatic heterocycles.